The predicted molar refractivity (Wildman–Crippen MR) is 117 cm³/mol. The number of para-hydroxylation sites is 1. The maximum atomic E-state index is 11.6. The molecule has 1 atom stereocenters. The van der Waals surface area contributed by atoms with Crippen LogP contribution in [0.15, 0.2) is 35.3 Å². The number of carbonyl (C=O) groups is 1. The molecule has 6 nitrogen and oxygen atoms in total. The Morgan fingerprint density at radius 1 is 1.35 bits per heavy atom. The topological polar surface area (TPSA) is 57.2 Å². The van der Waals surface area contributed by atoms with Crippen LogP contribution in [0.3, 0.4) is 0 Å². The molecule has 0 aliphatic carbocycles. The van der Waals surface area contributed by atoms with Crippen LogP contribution in [0.25, 0.3) is 0 Å². The van der Waals surface area contributed by atoms with Crippen molar-refractivity contribution < 1.29 is 9.53 Å². The van der Waals surface area contributed by atoms with Crippen LogP contribution in [0.5, 0.6) is 0 Å². The Morgan fingerprint density at radius 2 is 1.96 bits per heavy atom. The van der Waals surface area contributed by atoms with Gasteiger partial charge < -0.3 is 19.9 Å². The van der Waals surface area contributed by atoms with Crippen molar-refractivity contribution in [3.63, 3.8) is 0 Å². The summed E-state index contributed by atoms with van der Waals surface area (Å²) in [6.07, 6.45) is 1.62. The second-order valence-corrected chi connectivity index (χ2v) is 6.51. The fourth-order valence-electron chi connectivity index (χ4n) is 3.12. The predicted octanol–water partition coefficient (Wildman–Crippen LogP) is 2.59. The molecule has 0 amide bonds. The van der Waals surface area contributed by atoms with E-state index in [1.807, 2.05) is 6.07 Å². The molecule has 1 aromatic carbocycles. The molecule has 26 heavy (non-hydrogen) atoms. The smallest absolute Gasteiger partial charge is 0.308 e. The number of anilines is 1. The van der Waals surface area contributed by atoms with Gasteiger partial charge in [0.05, 0.1) is 13.0 Å². The second-order valence-electron chi connectivity index (χ2n) is 6.51. The molecule has 0 spiro atoms. The summed E-state index contributed by atoms with van der Waals surface area (Å²) >= 11 is 0. The van der Waals surface area contributed by atoms with Gasteiger partial charge in [-0.05, 0) is 31.9 Å². The highest BCUT2D eigenvalue weighted by atomic mass is 127. The Labute approximate surface area is 174 Å². The molecule has 0 bridgehead atoms. The number of hydrogen-bond donors (Lipinski definition) is 1. The largest absolute Gasteiger partial charge is 0.469 e. The van der Waals surface area contributed by atoms with Crippen molar-refractivity contribution in [2.24, 2.45) is 10.9 Å². The van der Waals surface area contributed by atoms with E-state index in [2.05, 4.69) is 58.3 Å². The summed E-state index contributed by atoms with van der Waals surface area (Å²) in [6.45, 7) is 4.64. The molecule has 1 unspecified atom stereocenters. The normalized spacial score (nSPS) is 16.5. The van der Waals surface area contributed by atoms with E-state index < -0.39 is 0 Å². The Bertz CT molecular complexity index is 574. The average Bonchev–Trinajstić information content (AvgIpc) is 2.68. The van der Waals surface area contributed by atoms with Crippen LogP contribution in [0.4, 0.5) is 5.69 Å². The zero-order valence-corrected chi connectivity index (χ0v) is 18.5. The summed E-state index contributed by atoms with van der Waals surface area (Å²) in [5.74, 6) is 0.819. The number of hydrogen-bond acceptors (Lipinski definition) is 4. The first kappa shape index (κ1) is 22.5. The number of methoxy groups -OCH3 is 1. The van der Waals surface area contributed by atoms with Crippen molar-refractivity contribution in [2.75, 3.05) is 45.7 Å². The molecular weight excluding hydrogens is 443 g/mol. The summed E-state index contributed by atoms with van der Waals surface area (Å²) in [6, 6.07) is 10.7. The highest BCUT2D eigenvalue weighted by Crippen LogP contribution is 2.18. The first-order valence-electron chi connectivity index (χ1n) is 8.88. The van der Waals surface area contributed by atoms with Crippen molar-refractivity contribution in [3.05, 3.63) is 30.3 Å². The number of esters is 1. The van der Waals surface area contributed by atoms with Crippen LogP contribution in [-0.4, -0.2) is 63.7 Å². The van der Waals surface area contributed by atoms with E-state index in [4.69, 9.17) is 4.74 Å². The molecular formula is C19H31IN4O2. The molecule has 1 fully saturated rings. The summed E-state index contributed by atoms with van der Waals surface area (Å²) < 4.78 is 4.85. The summed E-state index contributed by atoms with van der Waals surface area (Å²) in [7, 11) is 5.37. The molecule has 146 valence electrons. The van der Waals surface area contributed by atoms with Gasteiger partial charge in [-0.15, -0.1) is 24.0 Å². The number of aliphatic imine (C=N–C) groups is 1. The minimum atomic E-state index is -0.0966. The zero-order valence-electron chi connectivity index (χ0n) is 16.1. The molecule has 7 heteroatoms. The summed E-state index contributed by atoms with van der Waals surface area (Å²) in [5.41, 5.74) is 1.20. The highest BCUT2D eigenvalue weighted by Gasteiger charge is 2.27. The van der Waals surface area contributed by atoms with Crippen LogP contribution in [-0.2, 0) is 9.53 Å². The number of guanidine groups is 1. The summed E-state index contributed by atoms with van der Waals surface area (Å²) in [4.78, 5) is 20.5. The minimum absolute atomic E-state index is 0. The van der Waals surface area contributed by atoms with E-state index in [9.17, 15) is 4.79 Å². The lowest BCUT2D eigenvalue weighted by Gasteiger charge is -2.34. The average molecular weight is 474 g/mol. The van der Waals surface area contributed by atoms with Crippen LogP contribution in [0.2, 0.25) is 0 Å². The van der Waals surface area contributed by atoms with Crippen LogP contribution < -0.4 is 10.2 Å². The van der Waals surface area contributed by atoms with Gasteiger partial charge in [-0.25, -0.2) is 0 Å². The maximum absolute atomic E-state index is 11.6. The lowest BCUT2D eigenvalue weighted by atomic mass is 9.97. The molecule has 1 aliphatic rings. The first-order valence-corrected chi connectivity index (χ1v) is 8.88. The maximum Gasteiger partial charge on any atom is 0.308 e. The van der Waals surface area contributed by atoms with E-state index in [0.717, 1.165) is 38.4 Å². The van der Waals surface area contributed by atoms with Crippen molar-refractivity contribution in [1.29, 1.82) is 0 Å². The molecule has 2 rings (SSSR count). The molecule has 1 aromatic rings. The fraction of sp³-hybridized carbons (Fsp3) is 0.579. The Balaban J connectivity index is 0.00000338. The van der Waals surface area contributed by atoms with Gasteiger partial charge in [0.25, 0.3) is 0 Å². The molecule has 1 heterocycles. The third-order valence-electron chi connectivity index (χ3n) is 4.92. The van der Waals surface area contributed by atoms with Gasteiger partial charge in [0.15, 0.2) is 5.96 Å². The van der Waals surface area contributed by atoms with Gasteiger partial charge >= 0.3 is 5.97 Å². The Kier molecular flexibility index (Phi) is 9.75. The van der Waals surface area contributed by atoms with E-state index in [1.54, 1.807) is 7.05 Å². The van der Waals surface area contributed by atoms with Crippen LogP contribution >= 0.6 is 24.0 Å². The zero-order chi connectivity index (χ0) is 18.2. The van der Waals surface area contributed by atoms with Gasteiger partial charge in [0, 0.05) is 45.5 Å². The first-order chi connectivity index (χ1) is 12.1. The number of nitrogens with one attached hydrogen (secondary N) is 1. The number of rotatable bonds is 5. The van der Waals surface area contributed by atoms with Crippen molar-refractivity contribution in [3.8, 4) is 0 Å². The van der Waals surface area contributed by atoms with E-state index >= 15 is 0 Å². The number of piperidine rings is 1. The van der Waals surface area contributed by atoms with Gasteiger partial charge in [0.1, 0.15) is 0 Å². The van der Waals surface area contributed by atoms with E-state index in [0.29, 0.717) is 6.04 Å². The Hall–Kier alpha value is -1.51. The van der Waals surface area contributed by atoms with Crippen LogP contribution in [0, 0.1) is 5.92 Å². The molecule has 1 saturated heterocycles. The SMILES string of the molecule is CN=C(NCC(C)N(C)c1ccccc1)N1CCC(C(=O)OC)CC1.I. The minimum Gasteiger partial charge on any atom is -0.469 e. The van der Waals surface area contributed by atoms with Gasteiger partial charge in [0.2, 0.25) is 0 Å². The number of ether oxygens (including phenoxy) is 1. The highest BCUT2D eigenvalue weighted by molar-refractivity contribution is 14.0. The number of halogens is 1. The van der Waals surface area contributed by atoms with E-state index in [-0.39, 0.29) is 35.9 Å². The number of carbonyl (C=O) groups excluding carboxylic acids is 1. The summed E-state index contributed by atoms with van der Waals surface area (Å²) in [5, 5.41) is 3.47. The van der Waals surface area contributed by atoms with Gasteiger partial charge in [-0.2, -0.15) is 0 Å². The number of likely N-dealkylation sites (N-methyl/N-ethyl adjacent to an activating group) is 1. The quantitative estimate of drug-likeness (QED) is 0.308. The number of nitrogens with zero attached hydrogens (tertiary/aromatic N) is 3. The van der Waals surface area contributed by atoms with Crippen molar-refractivity contribution in [1.82, 2.24) is 10.2 Å². The van der Waals surface area contributed by atoms with Crippen molar-refractivity contribution >= 4 is 41.6 Å². The third kappa shape index (κ3) is 6.03. The van der Waals surface area contributed by atoms with E-state index in [1.165, 1.54) is 12.8 Å². The third-order valence-corrected chi connectivity index (χ3v) is 4.92. The lowest BCUT2D eigenvalue weighted by Crippen LogP contribution is -2.49. The standard InChI is InChI=1S/C19H30N4O2.HI/c1-15(22(3)17-8-6-5-7-9-17)14-21-19(20-2)23-12-10-16(11-13-23)18(24)25-4;/h5-9,15-16H,10-14H2,1-4H3,(H,20,21);1H. The molecule has 0 radical (unpaired) electrons. The Morgan fingerprint density at radius 3 is 2.50 bits per heavy atom. The molecule has 0 aromatic heterocycles. The van der Waals surface area contributed by atoms with Gasteiger partial charge in [-0.1, -0.05) is 18.2 Å². The lowest BCUT2D eigenvalue weighted by molar-refractivity contribution is -0.146. The monoisotopic (exact) mass is 474 g/mol. The number of likely N-dealkylation sites (tertiary alicyclic amines) is 1. The molecule has 1 aliphatic heterocycles. The number of benzene rings is 1. The molecule has 0 saturated carbocycles. The second kappa shape index (κ2) is 11.3. The molecule has 1 N–H and O–H groups in total. The van der Waals surface area contributed by atoms with Crippen LogP contribution in [0.1, 0.15) is 19.8 Å². The van der Waals surface area contributed by atoms with Crippen molar-refractivity contribution in [2.45, 2.75) is 25.8 Å². The van der Waals surface area contributed by atoms with Gasteiger partial charge in [-0.3, -0.25) is 9.79 Å². The fourth-order valence-corrected chi connectivity index (χ4v) is 3.12.